The molecule has 0 radical (unpaired) electrons. The van der Waals surface area contributed by atoms with Crippen molar-refractivity contribution in [1.29, 1.82) is 0 Å². The highest BCUT2D eigenvalue weighted by Gasteiger charge is 2.15. The van der Waals surface area contributed by atoms with Crippen molar-refractivity contribution < 1.29 is 4.74 Å². The van der Waals surface area contributed by atoms with E-state index in [1.54, 1.807) is 18.4 Å². The number of pyridine rings is 1. The first kappa shape index (κ1) is 15.0. The summed E-state index contributed by atoms with van der Waals surface area (Å²) in [6.45, 7) is 4.05. The Hall–Kier alpha value is -1.43. The SMILES string of the molecule is COc1c(C)cnc(CC(Cc2ccsc2)NN)c1C. The molecule has 108 valence electrons. The highest BCUT2D eigenvalue weighted by molar-refractivity contribution is 7.07. The van der Waals surface area contributed by atoms with Crippen LogP contribution in [0.2, 0.25) is 0 Å². The van der Waals surface area contributed by atoms with Gasteiger partial charge >= 0.3 is 0 Å². The third-order valence-corrected chi connectivity index (χ3v) is 4.22. The van der Waals surface area contributed by atoms with Gasteiger partial charge in [0.2, 0.25) is 0 Å². The third kappa shape index (κ3) is 3.36. The topological polar surface area (TPSA) is 60.2 Å². The van der Waals surface area contributed by atoms with Gasteiger partial charge in [-0.25, -0.2) is 0 Å². The Bertz CT molecular complexity index is 554. The molecular formula is C15H21N3OS. The van der Waals surface area contributed by atoms with Crippen LogP contribution in [0, 0.1) is 13.8 Å². The summed E-state index contributed by atoms with van der Waals surface area (Å²) in [4.78, 5) is 4.53. The molecule has 5 heteroatoms. The summed E-state index contributed by atoms with van der Waals surface area (Å²) < 4.78 is 5.45. The van der Waals surface area contributed by atoms with Crippen LogP contribution in [-0.2, 0) is 12.8 Å². The van der Waals surface area contributed by atoms with Crippen molar-refractivity contribution in [3.63, 3.8) is 0 Å². The summed E-state index contributed by atoms with van der Waals surface area (Å²) in [6.07, 6.45) is 3.55. The largest absolute Gasteiger partial charge is 0.496 e. The Labute approximate surface area is 124 Å². The number of ether oxygens (including phenoxy) is 1. The van der Waals surface area contributed by atoms with E-state index in [9.17, 15) is 0 Å². The van der Waals surface area contributed by atoms with Crippen molar-refractivity contribution in [2.24, 2.45) is 5.84 Å². The van der Waals surface area contributed by atoms with Crippen LogP contribution in [0.25, 0.3) is 0 Å². The molecule has 0 aliphatic heterocycles. The second kappa shape index (κ2) is 6.83. The van der Waals surface area contributed by atoms with E-state index in [0.717, 1.165) is 35.4 Å². The van der Waals surface area contributed by atoms with Crippen LogP contribution < -0.4 is 16.0 Å². The molecule has 2 rings (SSSR count). The van der Waals surface area contributed by atoms with Crippen molar-refractivity contribution in [2.45, 2.75) is 32.7 Å². The van der Waals surface area contributed by atoms with E-state index >= 15 is 0 Å². The molecule has 0 bridgehead atoms. The maximum Gasteiger partial charge on any atom is 0.128 e. The highest BCUT2D eigenvalue weighted by atomic mass is 32.1. The lowest BCUT2D eigenvalue weighted by atomic mass is 10.0. The number of methoxy groups -OCH3 is 1. The van der Waals surface area contributed by atoms with Gasteiger partial charge in [0.15, 0.2) is 0 Å². The van der Waals surface area contributed by atoms with Crippen LogP contribution in [0.3, 0.4) is 0 Å². The third-order valence-electron chi connectivity index (χ3n) is 3.49. The number of nitrogens with zero attached hydrogens (tertiary/aromatic N) is 1. The lowest BCUT2D eigenvalue weighted by Gasteiger charge is -2.18. The molecule has 0 saturated heterocycles. The summed E-state index contributed by atoms with van der Waals surface area (Å²) >= 11 is 1.71. The van der Waals surface area contributed by atoms with Gasteiger partial charge in [-0.15, -0.1) is 0 Å². The van der Waals surface area contributed by atoms with Crippen molar-refractivity contribution in [3.05, 3.63) is 45.4 Å². The quantitative estimate of drug-likeness (QED) is 0.634. The van der Waals surface area contributed by atoms with Gasteiger partial charge in [-0.05, 0) is 42.7 Å². The molecule has 0 fully saturated rings. The van der Waals surface area contributed by atoms with Crippen LogP contribution in [-0.4, -0.2) is 18.1 Å². The molecule has 4 nitrogen and oxygen atoms in total. The number of nitrogens with two attached hydrogens (primary N) is 1. The average Bonchev–Trinajstić information content (AvgIpc) is 2.94. The second-order valence-corrected chi connectivity index (χ2v) is 5.73. The lowest BCUT2D eigenvalue weighted by Crippen LogP contribution is -2.38. The van der Waals surface area contributed by atoms with Gasteiger partial charge in [0.1, 0.15) is 5.75 Å². The molecular weight excluding hydrogens is 270 g/mol. The van der Waals surface area contributed by atoms with Crippen LogP contribution in [0.15, 0.2) is 23.0 Å². The first-order chi connectivity index (χ1) is 9.65. The zero-order chi connectivity index (χ0) is 14.5. The van der Waals surface area contributed by atoms with Gasteiger partial charge in [0.25, 0.3) is 0 Å². The summed E-state index contributed by atoms with van der Waals surface area (Å²) in [7, 11) is 1.70. The van der Waals surface area contributed by atoms with Crippen LogP contribution in [0.1, 0.15) is 22.4 Å². The van der Waals surface area contributed by atoms with Crippen molar-refractivity contribution >= 4 is 11.3 Å². The molecule has 2 aromatic rings. The number of hydrogen-bond acceptors (Lipinski definition) is 5. The van der Waals surface area contributed by atoms with Gasteiger partial charge in [-0.3, -0.25) is 16.3 Å². The van der Waals surface area contributed by atoms with Crippen molar-refractivity contribution in [1.82, 2.24) is 10.4 Å². The Balaban J connectivity index is 2.15. The Kier molecular flexibility index (Phi) is 5.11. The molecule has 20 heavy (non-hydrogen) atoms. The van der Waals surface area contributed by atoms with Gasteiger partial charge in [-0.1, -0.05) is 0 Å². The smallest absolute Gasteiger partial charge is 0.128 e. The molecule has 1 unspecified atom stereocenters. The monoisotopic (exact) mass is 291 g/mol. The lowest BCUT2D eigenvalue weighted by molar-refractivity contribution is 0.406. The van der Waals surface area contributed by atoms with E-state index in [1.807, 2.05) is 20.0 Å². The normalized spacial score (nSPS) is 12.4. The first-order valence-electron chi connectivity index (χ1n) is 6.62. The second-order valence-electron chi connectivity index (χ2n) is 4.95. The van der Waals surface area contributed by atoms with Crippen molar-refractivity contribution in [2.75, 3.05) is 7.11 Å². The van der Waals surface area contributed by atoms with Gasteiger partial charge in [0, 0.05) is 35.5 Å². The number of hydrazine groups is 1. The molecule has 0 aliphatic carbocycles. The molecule has 1 atom stereocenters. The van der Waals surface area contributed by atoms with Crippen molar-refractivity contribution in [3.8, 4) is 5.75 Å². The number of aromatic nitrogens is 1. The summed E-state index contributed by atoms with van der Waals surface area (Å²) in [5.41, 5.74) is 7.38. The van der Waals surface area contributed by atoms with E-state index in [1.165, 1.54) is 5.56 Å². The molecule has 2 aromatic heterocycles. The molecule has 0 aromatic carbocycles. The van der Waals surface area contributed by atoms with E-state index in [0.29, 0.717) is 0 Å². The van der Waals surface area contributed by atoms with Crippen LogP contribution in [0.5, 0.6) is 5.75 Å². The fourth-order valence-corrected chi connectivity index (χ4v) is 3.08. The maximum absolute atomic E-state index is 5.68. The summed E-state index contributed by atoms with van der Waals surface area (Å²) in [5.74, 6) is 6.60. The molecule has 0 amide bonds. The number of aryl methyl sites for hydroxylation is 1. The Morgan fingerprint density at radius 2 is 2.20 bits per heavy atom. The minimum atomic E-state index is 0.170. The number of hydrogen-bond donors (Lipinski definition) is 2. The van der Waals surface area contributed by atoms with Crippen LogP contribution in [0.4, 0.5) is 0 Å². The van der Waals surface area contributed by atoms with E-state index in [-0.39, 0.29) is 6.04 Å². The Morgan fingerprint density at radius 3 is 2.80 bits per heavy atom. The fraction of sp³-hybridized carbons (Fsp3) is 0.400. The van der Waals surface area contributed by atoms with Gasteiger partial charge < -0.3 is 4.74 Å². The molecule has 0 saturated carbocycles. The summed E-state index contributed by atoms with van der Waals surface area (Å²) in [5, 5.41) is 4.24. The average molecular weight is 291 g/mol. The Morgan fingerprint density at radius 1 is 1.40 bits per heavy atom. The number of thiophene rings is 1. The highest BCUT2D eigenvalue weighted by Crippen LogP contribution is 2.25. The zero-order valence-electron chi connectivity index (χ0n) is 12.1. The van der Waals surface area contributed by atoms with E-state index < -0.39 is 0 Å². The maximum atomic E-state index is 5.68. The minimum absolute atomic E-state index is 0.170. The van der Waals surface area contributed by atoms with Crippen LogP contribution >= 0.6 is 11.3 Å². The number of rotatable bonds is 6. The standard InChI is InChI=1S/C15H21N3OS/c1-10-8-17-14(11(2)15(10)19-3)7-13(18-16)6-12-4-5-20-9-12/h4-5,8-9,13,18H,6-7,16H2,1-3H3. The van der Waals surface area contributed by atoms with E-state index in [2.05, 4.69) is 27.2 Å². The molecule has 0 aliphatic rings. The minimum Gasteiger partial charge on any atom is -0.496 e. The van der Waals surface area contributed by atoms with Gasteiger partial charge in [0.05, 0.1) is 7.11 Å². The predicted molar refractivity (Wildman–Crippen MR) is 83.1 cm³/mol. The van der Waals surface area contributed by atoms with Gasteiger partial charge in [-0.2, -0.15) is 11.3 Å². The summed E-state index contributed by atoms with van der Waals surface area (Å²) in [6, 6.07) is 2.30. The molecule has 0 spiro atoms. The predicted octanol–water partition coefficient (Wildman–Crippen LogP) is 2.39. The molecule has 3 N–H and O–H groups in total. The number of nitrogens with one attached hydrogen (secondary N) is 1. The molecule has 2 heterocycles. The first-order valence-corrected chi connectivity index (χ1v) is 7.56. The fourth-order valence-electron chi connectivity index (χ4n) is 2.39. The zero-order valence-corrected chi connectivity index (χ0v) is 13.0. The van der Waals surface area contributed by atoms with E-state index in [4.69, 9.17) is 10.6 Å².